The summed E-state index contributed by atoms with van der Waals surface area (Å²) in [7, 11) is 0. The molecule has 1 aliphatic carbocycles. The Balaban J connectivity index is 1.67. The summed E-state index contributed by atoms with van der Waals surface area (Å²) in [5.41, 5.74) is 0.0654. The van der Waals surface area contributed by atoms with Crippen molar-refractivity contribution in [3.63, 3.8) is 0 Å². The van der Waals surface area contributed by atoms with Crippen LogP contribution >= 0.6 is 0 Å². The highest BCUT2D eigenvalue weighted by Crippen LogP contribution is 2.28. The van der Waals surface area contributed by atoms with Crippen LogP contribution in [0.3, 0.4) is 0 Å². The number of benzene rings is 2. The smallest absolute Gasteiger partial charge is 0.261 e. The van der Waals surface area contributed by atoms with Crippen LogP contribution in [0, 0.1) is 23.4 Å². The number of Topliss-reactive ketones (excluding diaryl/α,β-unsaturated/α-hetero) is 1. The lowest BCUT2D eigenvalue weighted by atomic mass is 9.96. The second-order valence-electron chi connectivity index (χ2n) is 9.51. The van der Waals surface area contributed by atoms with E-state index in [0.29, 0.717) is 30.0 Å². The summed E-state index contributed by atoms with van der Waals surface area (Å²) in [6.45, 7) is -0.0222. The van der Waals surface area contributed by atoms with Crippen molar-refractivity contribution in [3.8, 4) is 0 Å². The van der Waals surface area contributed by atoms with Crippen molar-refractivity contribution in [2.24, 2.45) is 5.92 Å². The minimum Gasteiger partial charge on any atom is -0.507 e. The molecule has 0 saturated heterocycles. The number of hydrogen-bond acceptors (Lipinski definition) is 5. The number of carbonyl (C=O) groups excluding carboxylic acids is 2. The third kappa shape index (κ3) is 6.47. The zero-order chi connectivity index (χ0) is 27.4. The largest absolute Gasteiger partial charge is 0.507 e. The van der Waals surface area contributed by atoms with Gasteiger partial charge in [-0.05, 0) is 59.7 Å². The molecule has 0 amide bonds. The van der Waals surface area contributed by atoms with Crippen LogP contribution in [-0.4, -0.2) is 32.5 Å². The second kappa shape index (κ2) is 11.6. The summed E-state index contributed by atoms with van der Waals surface area (Å²) < 4.78 is 42.2. The van der Waals surface area contributed by atoms with Gasteiger partial charge in [0.1, 0.15) is 23.2 Å². The Morgan fingerprint density at radius 2 is 1.68 bits per heavy atom. The van der Waals surface area contributed by atoms with Crippen LogP contribution in [0.1, 0.15) is 47.9 Å². The Hall–Kier alpha value is -3.98. The van der Waals surface area contributed by atoms with Crippen molar-refractivity contribution in [1.29, 1.82) is 0 Å². The molecule has 9 heteroatoms. The van der Waals surface area contributed by atoms with E-state index in [1.165, 1.54) is 47.2 Å². The van der Waals surface area contributed by atoms with Gasteiger partial charge < -0.3 is 14.8 Å². The first-order valence-electron chi connectivity index (χ1n) is 12.2. The lowest BCUT2D eigenvalue weighted by molar-refractivity contribution is -0.134. The summed E-state index contributed by atoms with van der Waals surface area (Å²) in [6, 6.07) is 9.76. The molecule has 2 N–H and O–H groups in total. The van der Waals surface area contributed by atoms with Crippen LogP contribution in [-0.2, 0) is 22.6 Å². The number of pyridine rings is 1. The van der Waals surface area contributed by atoms with E-state index in [9.17, 15) is 37.8 Å². The average molecular weight is 526 g/mol. The minimum atomic E-state index is -1.01. The van der Waals surface area contributed by atoms with Gasteiger partial charge in [-0.15, -0.1) is 0 Å². The zero-order valence-corrected chi connectivity index (χ0v) is 20.4. The van der Waals surface area contributed by atoms with Gasteiger partial charge in [-0.3, -0.25) is 14.4 Å². The fourth-order valence-electron chi connectivity index (χ4n) is 4.64. The average Bonchev–Trinajstić information content (AvgIpc) is 3.28. The van der Waals surface area contributed by atoms with Crippen LogP contribution in [0.25, 0.3) is 5.76 Å². The highest BCUT2D eigenvalue weighted by atomic mass is 19.1. The lowest BCUT2D eigenvalue weighted by Gasteiger charge is -2.13. The summed E-state index contributed by atoms with van der Waals surface area (Å²) in [6.07, 6.45) is 3.14. The van der Waals surface area contributed by atoms with Crippen LogP contribution < -0.4 is 5.56 Å². The monoisotopic (exact) mass is 525 g/mol. The maximum Gasteiger partial charge on any atom is 0.261 e. The van der Waals surface area contributed by atoms with Crippen molar-refractivity contribution in [2.45, 2.75) is 44.8 Å². The van der Waals surface area contributed by atoms with Gasteiger partial charge in [0.25, 0.3) is 5.56 Å². The van der Waals surface area contributed by atoms with E-state index >= 15 is 0 Å². The molecule has 0 radical (unpaired) electrons. The molecule has 1 fully saturated rings. The molecule has 0 bridgehead atoms. The predicted octanol–water partition coefficient (Wildman–Crippen LogP) is 4.49. The van der Waals surface area contributed by atoms with Gasteiger partial charge in [0.05, 0.1) is 18.2 Å². The summed E-state index contributed by atoms with van der Waals surface area (Å²) >= 11 is 0. The second-order valence-corrected chi connectivity index (χ2v) is 9.51. The van der Waals surface area contributed by atoms with Gasteiger partial charge in [0.2, 0.25) is 11.6 Å². The highest BCUT2D eigenvalue weighted by Gasteiger charge is 2.29. The number of allylic oxidation sites excluding steroid dienone is 1. The molecule has 0 aliphatic heterocycles. The quantitative estimate of drug-likeness (QED) is 0.244. The molecule has 198 valence electrons. The van der Waals surface area contributed by atoms with Crippen molar-refractivity contribution >= 4 is 17.3 Å². The molecule has 0 unspecified atom stereocenters. The number of hydrogen-bond donors (Lipinski definition) is 2. The fourth-order valence-corrected chi connectivity index (χ4v) is 4.64. The Morgan fingerprint density at radius 3 is 2.34 bits per heavy atom. The number of carbonyl (C=O) groups is 2. The van der Waals surface area contributed by atoms with Crippen molar-refractivity contribution in [2.75, 3.05) is 0 Å². The van der Waals surface area contributed by atoms with E-state index in [4.69, 9.17) is 0 Å². The van der Waals surface area contributed by atoms with Gasteiger partial charge in [-0.1, -0.05) is 24.6 Å². The normalized spacial score (nSPS) is 17.5. The molecule has 38 heavy (non-hydrogen) atoms. The predicted molar refractivity (Wildman–Crippen MR) is 134 cm³/mol. The van der Waals surface area contributed by atoms with Crippen molar-refractivity contribution in [3.05, 3.63) is 111 Å². The molecule has 1 saturated carbocycles. The first-order chi connectivity index (χ1) is 18.1. The van der Waals surface area contributed by atoms with Crippen molar-refractivity contribution < 1.29 is 33.0 Å². The van der Waals surface area contributed by atoms with Crippen LogP contribution in [0.15, 0.2) is 65.6 Å². The number of halogens is 3. The SMILES string of the molecule is O=C(C=C(O)c1cc(Cc2ccc(F)cc2F)cn(Cc2ccc(F)cc2)c1=O)C(=O)C[C@H]1CCC[C@@H]1O. The zero-order valence-electron chi connectivity index (χ0n) is 20.4. The van der Waals surface area contributed by atoms with Gasteiger partial charge in [0, 0.05) is 31.2 Å². The maximum absolute atomic E-state index is 14.3. The number of nitrogens with zero attached hydrogens (tertiary/aromatic N) is 1. The molecule has 1 aromatic heterocycles. The highest BCUT2D eigenvalue weighted by molar-refractivity contribution is 6.42. The van der Waals surface area contributed by atoms with Crippen molar-refractivity contribution in [1.82, 2.24) is 4.57 Å². The van der Waals surface area contributed by atoms with Gasteiger partial charge in [-0.25, -0.2) is 13.2 Å². The Kier molecular flexibility index (Phi) is 8.26. The van der Waals surface area contributed by atoms with Gasteiger partial charge in [-0.2, -0.15) is 0 Å². The molecule has 2 atom stereocenters. The molecule has 4 rings (SSSR count). The summed E-state index contributed by atoms with van der Waals surface area (Å²) in [4.78, 5) is 38.1. The van der Waals surface area contributed by atoms with E-state index in [2.05, 4.69) is 0 Å². The first-order valence-corrected chi connectivity index (χ1v) is 12.2. The Bertz CT molecular complexity index is 1450. The third-order valence-corrected chi connectivity index (χ3v) is 6.70. The molecule has 1 heterocycles. The molecule has 3 aromatic rings. The Morgan fingerprint density at radius 1 is 0.974 bits per heavy atom. The molecular weight excluding hydrogens is 499 g/mol. The van der Waals surface area contributed by atoms with E-state index < -0.39 is 46.4 Å². The molecule has 0 spiro atoms. The number of ketones is 2. The van der Waals surface area contributed by atoms with Gasteiger partial charge >= 0.3 is 0 Å². The fraction of sp³-hybridized carbons (Fsp3) is 0.276. The maximum atomic E-state index is 14.3. The summed E-state index contributed by atoms with van der Waals surface area (Å²) in [5, 5.41) is 20.6. The topological polar surface area (TPSA) is 96.6 Å². The standard InChI is InChI=1S/C29H26F3NO5/c30-21-7-4-17(5-8-21)15-33-16-18(10-19-6-9-22(31)13-24(19)32)11-23(29(33)38)26(35)14-28(37)27(36)12-20-2-1-3-25(20)34/h4-9,11,13-14,16,20,25,34-35H,1-3,10,12,15H2/t20-,25+/m1/s1. The Labute approximate surface area is 216 Å². The van der Waals surface area contributed by atoms with E-state index in [1.807, 2.05) is 0 Å². The molecular formula is C29H26F3NO5. The number of rotatable bonds is 9. The summed E-state index contributed by atoms with van der Waals surface area (Å²) in [5.74, 6) is -4.88. The minimum absolute atomic E-state index is 0.0222. The molecule has 1 aliphatic rings. The van der Waals surface area contributed by atoms with E-state index in [-0.39, 0.29) is 36.4 Å². The van der Waals surface area contributed by atoms with Crippen LogP contribution in [0.2, 0.25) is 0 Å². The number of aromatic nitrogens is 1. The van der Waals surface area contributed by atoms with Crippen LogP contribution in [0.4, 0.5) is 13.2 Å². The first kappa shape index (κ1) is 27.1. The molecule has 2 aromatic carbocycles. The van der Waals surface area contributed by atoms with E-state index in [1.54, 1.807) is 0 Å². The third-order valence-electron chi connectivity index (χ3n) is 6.70. The van der Waals surface area contributed by atoms with E-state index in [0.717, 1.165) is 18.6 Å². The lowest BCUT2D eigenvalue weighted by Crippen LogP contribution is -2.25. The molecule has 6 nitrogen and oxygen atoms in total. The number of aliphatic hydroxyl groups is 2. The van der Waals surface area contributed by atoms with Crippen LogP contribution in [0.5, 0.6) is 0 Å². The van der Waals surface area contributed by atoms with Gasteiger partial charge in [0.15, 0.2) is 0 Å². The number of aliphatic hydroxyl groups excluding tert-OH is 2.